The molecule has 0 unspecified atom stereocenters. The van der Waals surface area contributed by atoms with Crippen LogP contribution in [0.2, 0.25) is 0 Å². The predicted molar refractivity (Wildman–Crippen MR) is 67.4 cm³/mol. The highest BCUT2D eigenvalue weighted by atomic mass is 19.2. The molecule has 0 saturated heterocycles. The highest BCUT2D eigenvalue weighted by Gasteiger charge is 2.17. The molecular weight excluding hydrogens is 254 g/mol. The second-order valence-electron chi connectivity index (χ2n) is 4.14. The molecule has 1 aromatic heterocycles. The fourth-order valence-electron chi connectivity index (χ4n) is 1.80. The first-order valence-electron chi connectivity index (χ1n) is 5.91. The van der Waals surface area contributed by atoms with Crippen LogP contribution < -0.4 is 11.1 Å². The number of benzene rings is 1. The number of nitrogens with one attached hydrogen (secondary N) is 1. The van der Waals surface area contributed by atoms with Gasteiger partial charge in [0.05, 0.1) is 5.52 Å². The summed E-state index contributed by atoms with van der Waals surface area (Å²) in [6, 6.07) is 2.30. The number of nitrogens with zero attached hydrogens (tertiary/aromatic N) is 2. The lowest BCUT2D eigenvalue weighted by molar-refractivity contribution is -0.121. The fourth-order valence-corrected chi connectivity index (χ4v) is 1.80. The number of aromatic nitrogens is 2. The quantitative estimate of drug-likeness (QED) is 0.880. The molecule has 1 aromatic carbocycles. The van der Waals surface area contributed by atoms with Crippen molar-refractivity contribution in [2.75, 3.05) is 12.3 Å². The van der Waals surface area contributed by atoms with Crippen molar-refractivity contribution in [1.82, 2.24) is 14.9 Å². The summed E-state index contributed by atoms with van der Waals surface area (Å²) in [5.41, 5.74) is 5.76. The molecule has 2 aromatic rings. The number of fused-ring (bicyclic) bond motifs is 1. The van der Waals surface area contributed by atoms with Gasteiger partial charge in [-0.15, -0.1) is 0 Å². The number of hydrogen-bond donors (Lipinski definition) is 2. The Morgan fingerprint density at radius 2 is 2.21 bits per heavy atom. The minimum Gasteiger partial charge on any atom is -0.369 e. The van der Waals surface area contributed by atoms with Crippen LogP contribution in [-0.4, -0.2) is 22.0 Å². The van der Waals surface area contributed by atoms with Gasteiger partial charge in [0, 0.05) is 6.54 Å². The summed E-state index contributed by atoms with van der Waals surface area (Å²) in [6.45, 7) is 2.24. The smallest absolute Gasteiger partial charge is 0.240 e. The normalized spacial score (nSPS) is 10.9. The van der Waals surface area contributed by atoms with E-state index in [4.69, 9.17) is 5.73 Å². The second kappa shape index (κ2) is 5.21. The van der Waals surface area contributed by atoms with E-state index in [9.17, 15) is 13.6 Å². The van der Waals surface area contributed by atoms with Crippen LogP contribution in [0.1, 0.15) is 13.3 Å². The molecule has 1 heterocycles. The molecule has 0 saturated carbocycles. The van der Waals surface area contributed by atoms with E-state index in [1.54, 1.807) is 0 Å². The Bertz CT molecular complexity index is 624. The minimum absolute atomic E-state index is 0.0221. The number of hydrogen-bond acceptors (Lipinski definition) is 3. The third-order valence-corrected chi connectivity index (χ3v) is 2.70. The number of amides is 1. The second-order valence-corrected chi connectivity index (χ2v) is 4.14. The first-order valence-corrected chi connectivity index (χ1v) is 5.91. The molecule has 19 heavy (non-hydrogen) atoms. The zero-order chi connectivity index (χ0) is 14.0. The Balaban J connectivity index is 2.39. The van der Waals surface area contributed by atoms with Crippen LogP contribution >= 0.6 is 0 Å². The van der Waals surface area contributed by atoms with E-state index in [-0.39, 0.29) is 29.4 Å². The number of nitrogens with two attached hydrogens (primary N) is 1. The number of halogens is 2. The van der Waals surface area contributed by atoms with E-state index in [2.05, 4.69) is 10.3 Å². The molecule has 1 amide bonds. The molecule has 0 bridgehead atoms. The summed E-state index contributed by atoms with van der Waals surface area (Å²) >= 11 is 0. The third-order valence-electron chi connectivity index (χ3n) is 2.70. The summed E-state index contributed by atoms with van der Waals surface area (Å²) < 4.78 is 28.1. The van der Waals surface area contributed by atoms with E-state index >= 15 is 0 Å². The molecule has 3 N–H and O–H groups in total. The van der Waals surface area contributed by atoms with Crippen LogP contribution in [0, 0.1) is 11.6 Å². The Morgan fingerprint density at radius 1 is 1.47 bits per heavy atom. The van der Waals surface area contributed by atoms with E-state index in [1.165, 1.54) is 10.6 Å². The predicted octanol–water partition coefficient (Wildman–Crippen LogP) is 1.42. The zero-order valence-electron chi connectivity index (χ0n) is 10.4. The maximum absolute atomic E-state index is 13.8. The molecule has 5 nitrogen and oxygen atoms in total. The fraction of sp³-hybridized carbons (Fsp3) is 0.333. The molecule has 0 atom stereocenters. The topological polar surface area (TPSA) is 72.9 Å². The van der Waals surface area contributed by atoms with Crippen LogP contribution in [0.15, 0.2) is 12.1 Å². The molecule has 0 aliphatic rings. The van der Waals surface area contributed by atoms with Crippen molar-refractivity contribution >= 4 is 22.9 Å². The molecule has 0 aliphatic heterocycles. The van der Waals surface area contributed by atoms with Gasteiger partial charge in [-0.25, -0.2) is 13.8 Å². The van der Waals surface area contributed by atoms with Gasteiger partial charge < -0.3 is 11.1 Å². The van der Waals surface area contributed by atoms with Gasteiger partial charge in [0.2, 0.25) is 11.9 Å². The van der Waals surface area contributed by atoms with Gasteiger partial charge >= 0.3 is 0 Å². The van der Waals surface area contributed by atoms with Crippen molar-refractivity contribution in [3.8, 4) is 0 Å². The third kappa shape index (κ3) is 2.49. The maximum atomic E-state index is 13.8. The Morgan fingerprint density at radius 3 is 2.89 bits per heavy atom. The average molecular weight is 268 g/mol. The summed E-state index contributed by atoms with van der Waals surface area (Å²) in [5, 5.41) is 2.64. The summed E-state index contributed by atoms with van der Waals surface area (Å²) in [5.74, 6) is -2.39. The van der Waals surface area contributed by atoms with Gasteiger partial charge in [0.25, 0.3) is 0 Å². The van der Waals surface area contributed by atoms with Gasteiger partial charge in [-0.1, -0.05) is 6.92 Å². The van der Waals surface area contributed by atoms with Crippen molar-refractivity contribution in [3.63, 3.8) is 0 Å². The lowest BCUT2D eigenvalue weighted by atomic mass is 10.3. The van der Waals surface area contributed by atoms with Crippen LogP contribution in [0.25, 0.3) is 11.0 Å². The van der Waals surface area contributed by atoms with Gasteiger partial charge in [0.1, 0.15) is 12.1 Å². The monoisotopic (exact) mass is 268 g/mol. The number of carbonyl (C=O) groups excluding carboxylic acids is 1. The average Bonchev–Trinajstić information content (AvgIpc) is 2.69. The molecule has 0 spiro atoms. The van der Waals surface area contributed by atoms with E-state index in [0.29, 0.717) is 6.54 Å². The first kappa shape index (κ1) is 13.3. The Kier molecular flexibility index (Phi) is 3.64. The van der Waals surface area contributed by atoms with Crippen molar-refractivity contribution < 1.29 is 13.6 Å². The van der Waals surface area contributed by atoms with Crippen molar-refractivity contribution in [2.45, 2.75) is 19.9 Å². The lowest BCUT2D eigenvalue weighted by Crippen LogP contribution is -2.28. The lowest BCUT2D eigenvalue weighted by Gasteiger charge is -2.07. The molecule has 102 valence electrons. The maximum Gasteiger partial charge on any atom is 0.240 e. The zero-order valence-corrected chi connectivity index (χ0v) is 10.4. The van der Waals surface area contributed by atoms with Gasteiger partial charge in [-0.05, 0) is 18.6 Å². The van der Waals surface area contributed by atoms with Gasteiger partial charge in [0.15, 0.2) is 11.6 Å². The van der Waals surface area contributed by atoms with Gasteiger partial charge in [-0.3, -0.25) is 9.36 Å². The highest BCUT2D eigenvalue weighted by Crippen LogP contribution is 2.22. The molecule has 2 rings (SSSR count). The molecule has 7 heteroatoms. The number of carbonyl (C=O) groups is 1. The van der Waals surface area contributed by atoms with Gasteiger partial charge in [-0.2, -0.15) is 0 Å². The van der Waals surface area contributed by atoms with Crippen LogP contribution in [-0.2, 0) is 11.3 Å². The standard InChI is InChI=1S/C12H14F2N4O/c1-2-5-16-9(19)6-18-11-8(17-12(18)15)4-3-7(13)10(11)14/h3-4H,2,5-6H2,1H3,(H2,15,17)(H,16,19). The SMILES string of the molecule is CCCNC(=O)Cn1c(N)nc2ccc(F)c(F)c21. The summed E-state index contributed by atoms with van der Waals surface area (Å²) in [7, 11) is 0. The molecular formula is C12H14F2N4O. The number of nitrogen functional groups attached to an aromatic ring is 1. The first-order chi connectivity index (χ1) is 9.04. The van der Waals surface area contributed by atoms with Crippen LogP contribution in [0.4, 0.5) is 14.7 Å². The number of rotatable bonds is 4. The van der Waals surface area contributed by atoms with Crippen LogP contribution in [0.3, 0.4) is 0 Å². The Hall–Kier alpha value is -2.18. The largest absolute Gasteiger partial charge is 0.369 e. The van der Waals surface area contributed by atoms with E-state index in [1.807, 2.05) is 6.92 Å². The number of anilines is 1. The Labute approximate surface area is 108 Å². The molecule has 0 aliphatic carbocycles. The van der Waals surface area contributed by atoms with Crippen molar-refractivity contribution in [1.29, 1.82) is 0 Å². The highest BCUT2D eigenvalue weighted by molar-refractivity contribution is 5.83. The number of imidazole rings is 1. The van der Waals surface area contributed by atoms with Crippen LogP contribution in [0.5, 0.6) is 0 Å². The minimum atomic E-state index is -1.05. The van der Waals surface area contributed by atoms with Crippen molar-refractivity contribution in [2.24, 2.45) is 0 Å². The van der Waals surface area contributed by atoms with E-state index in [0.717, 1.165) is 12.5 Å². The molecule has 0 fully saturated rings. The summed E-state index contributed by atoms with van der Waals surface area (Å²) in [6.07, 6.45) is 0.787. The summed E-state index contributed by atoms with van der Waals surface area (Å²) in [4.78, 5) is 15.5. The van der Waals surface area contributed by atoms with Crippen molar-refractivity contribution in [3.05, 3.63) is 23.8 Å². The molecule has 0 radical (unpaired) electrons. The van der Waals surface area contributed by atoms with E-state index < -0.39 is 11.6 Å².